The first-order valence-electron chi connectivity index (χ1n) is 6.76. The van der Waals surface area contributed by atoms with Gasteiger partial charge in [0.25, 0.3) is 0 Å². The van der Waals surface area contributed by atoms with Gasteiger partial charge in [-0.25, -0.2) is 9.97 Å². The van der Waals surface area contributed by atoms with E-state index in [4.69, 9.17) is 23.2 Å². The maximum absolute atomic E-state index is 6.27. The number of fused-ring (bicyclic) bond motifs is 1. The van der Waals surface area contributed by atoms with Crippen LogP contribution in [0.15, 0.2) is 36.5 Å². The van der Waals surface area contributed by atoms with Crippen LogP contribution in [0.3, 0.4) is 0 Å². The van der Waals surface area contributed by atoms with Gasteiger partial charge in [-0.2, -0.15) is 0 Å². The van der Waals surface area contributed by atoms with E-state index in [1.54, 1.807) is 6.20 Å². The molecule has 2 heterocycles. The highest BCUT2D eigenvalue weighted by molar-refractivity contribution is 6.31. The van der Waals surface area contributed by atoms with Gasteiger partial charge in [-0.1, -0.05) is 41.4 Å². The Kier molecular flexibility index (Phi) is 3.87. The average Bonchev–Trinajstić information content (AvgIpc) is 2.77. The van der Waals surface area contributed by atoms with Crippen LogP contribution in [0.4, 0.5) is 0 Å². The molecule has 108 valence electrons. The van der Waals surface area contributed by atoms with E-state index >= 15 is 0 Å². The van der Waals surface area contributed by atoms with E-state index in [1.165, 1.54) is 11.1 Å². The minimum Gasteiger partial charge on any atom is -0.307 e. The standard InChI is InChI=1S/C16H15Cl2N3/c1-10-4-3-5-12(6-10)9-21-15(11(2)17)20-14-7-13(18)8-19-16(14)21/h3-8,11H,9H2,1-2H3. The van der Waals surface area contributed by atoms with Gasteiger partial charge in [0.1, 0.15) is 11.3 Å². The zero-order chi connectivity index (χ0) is 15.0. The van der Waals surface area contributed by atoms with Crippen LogP contribution in [0.2, 0.25) is 5.02 Å². The minimum atomic E-state index is -0.192. The van der Waals surface area contributed by atoms with Crippen LogP contribution in [0.25, 0.3) is 11.2 Å². The molecule has 0 aliphatic carbocycles. The maximum Gasteiger partial charge on any atom is 0.160 e. The summed E-state index contributed by atoms with van der Waals surface area (Å²) < 4.78 is 2.05. The van der Waals surface area contributed by atoms with E-state index in [-0.39, 0.29) is 5.38 Å². The van der Waals surface area contributed by atoms with Crippen LogP contribution in [-0.2, 0) is 6.54 Å². The number of halogens is 2. The molecule has 0 saturated carbocycles. The molecule has 0 bridgehead atoms. The zero-order valence-corrected chi connectivity index (χ0v) is 13.4. The lowest BCUT2D eigenvalue weighted by molar-refractivity contribution is 0.736. The second-order valence-electron chi connectivity index (χ2n) is 5.16. The summed E-state index contributed by atoms with van der Waals surface area (Å²) >= 11 is 12.3. The highest BCUT2D eigenvalue weighted by Gasteiger charge is 2.16. The SMILES string of the molecule is Cc1cccc(Cn2c(C(C)Cl)nc3cc(Cl)cnc32)c1. The number of pyridine rings is 1. The topological polar surface area (TPSA) is 30.7 Å². The Labute approximate surface area is 133 Å². The highest BCUT2D eigenvalue weighted by atomic mass is 35.5. The number of hydrogen-bond acceptors (Lipinski definition) is 2. The van der Waals surface area contributed by atoms with Crippen molar-refractivity contribution in [2.45, 2.75) is 25.8 Å². The van der Waals surface area contributed by atoms with Crippen LogP contribution >= 0.6 is 23.2 Å². The van der Waals surface area contributed by atoms with E-state index in [0.29, 0.717) is 11.6 Å². The fraction of sp³-hybridized carbons (Fsp3) is 0.250. The summed E-state index contributed by atoms with van der Waals surface area (Å²) in [5.74, 6) is 0.808. The molecule has 0 aliphatic rings. The molecular weight excluding hydrogens is 305 g/mol. The molecule has 1 aromatic carbocycles. The number of rotatable bonds is 3. The molecule has 3 aromatic rings. The second kappa shape index (κ2) is 5.66. The Morgan fingerprint density at radius 2 is 2.10 bits per heavy atom. The molecule has 21 heavy (non-hydrogen) atoms. The number of aryl methyl sites for hydroxylation is 1. The molecule has 3 rings (SSSR count). The van der Waals surface area contributed by atoms with Crippen molar-refractivity contribution in [1.82, 2.24) is 14.5 Å². The van der Waals surface area contributed by atoms with E-state index in [2.05, 4.69) is 45.7 Å². The summed E-state index contributed by atoms with van der Waals surface area (Å²) in [4.78, 5) is 8.99. The first-order valence-corrected chi connectivity index (χ1v) is 7.57. The molecule has 2 aromatic heterocycles. The van der Waals surface area contributed by atoms with Crippen molar-refractivity contribution in [2.75, 3.05) is 0 Å². The predicted octanol–water partition coefficient (Wildman–Crippen LogP) is 4.74. The Hall–Kier alpha value is -1.58. The van der Waals surface area contributed by atoms with Gasteiger partial charge < -0.3 is 4.57 Å². The molecule has 1 atom stereocenters. The average molecular weight is 320 g/mol. The van der Waals surface area contributed by atoms with E-state index in [0.717, 1.165) is 17.0 Å². The molecule has 3 nitrogen and oxygen atoms in total. The summed E-state index contributed by atoms with van der Waals surface area (Å²) in [6.07, 6.45) is 1.64. The number of nitrogens with zero attached hydrogens (tertiary/aromatic N) is 3. The van der Waals surface area contributed by atoms with Crippen LogP contribution in [0, 0.1) is 6.92 Å². The third kappa shape index (κ3) is 2.89. The van der Waals surface area contributed by atoms with Crippen LogP contribution in [0.1, 0.15) is 29.3 Å². The third-order valence-corrected chi connectivity index (χ3v) is 3.76. The lowest BCUT2D eigenvalue weighted by Gasteiger charge is -2.10. The number of alkyl halides is 1. The van der Waals surface area contributed by atoms with Gasteiger partial charge in [0.2, 0.25) is 0 Å². The number of aromatic nitrogens is 3. The smallest absolute Gasteiger partial charge is 0.160 e. The molecular formula is C16H15Cl2N3. The molecule has 1 unspecified atom stereocenters. The largest absolute Gasteiger partial charge is 0.307 e. The van der Waals surface area contributed by atoms with Crippen molar-refractivity contribution >= 4 is 34.4 Å². The van der Waals surface area contributed by atoms with Crippen molar-refractivity contribution in [3.05, 3.63) is 58.5 Å². The van der Waals surface area contributed by atoms with Crippen LogP contribution in [0.5, 0.6) is 0 Å². The van der Waals surface area contributed by atoms with Crippen LogP contribution < -0.4 is 0 Å². The fourth-order valence-electron chi connectivity index (χ4n) is 2.46. The molecule has 0 fully saturated rings. The third-order valence-electron chi connectivity index (χ3n) is 3.36. The van der Waals surface area contributed by atoms with Crippen molar-refractivity contribution in [3.63, 3.8) is 0 Å². The van der Waals surface area contributed by atoms with Crippen LogP contribution in [-0.4, -0.2) is 14.5 Å². The Morgan fingerprint density at radius 1 is 1.29 bits per heavy atom. The van der Waals surface area contributed by atoms with Gasteiger partial charge in [0.15, 0.2) is 5.65 Å². The predicted molar refractivity (Wildman–Crippen MR) is 87.1 cm³/mol. The van der Waals surface area contributed by atoms with Gasteiger partial charge >= 0.3 is 0 Å². The maximum atomic E-state index is 6.27. The lowest BCUT2D eigenvalue weighted by Crippen LogP contribution is -2.06. The molecule has 0 N–H and O–H groups in total. The van der Waals surface area contributed by atoms with E-state index in [9.17, 15) is 0 Å². The van der Waals surface area contributed by atoms with Gasteiger partial charge in [0.05, 0.1) is 16.9 Å². The monoisotopic (exact) mass is 319 g/mol. The number of benzene rings is 1. The summed E-state index contributed by atoms with van der Waals surface area (Å²) in [5, 5.41) is 0.388. The molecule has 0 aliphatic heterocycles. The summed E-state index contributed by atoms with van der Waals surface area (Å²) in [6.45, 7) is 4.69. The molecule has 0 spiro atoms. The van der Waals surface area contributed by atoms with Crippen molar-refractivity contribution < 1.29 is 0 Å². The Morgan fingerprint density at radius 3 is 2.81 bits per heavy atom. The molecule has 0 radical (unpaired) electrons. The van der Waals surface area contributed by atoms with E-state index in [1.807, 2.05) is 13.0 Å². The number of hydrogen-bond donors (Lipinski definition) is 0. The summed E-state index contributed by atoms with van der Waals surface area (Å²) in [7, 11) is 0. The van der Waals surface area contributed by atoms with Gasteiger partial charge in [0, 0.05) is 6.20 Å². The summed E-state index contributed by atoms with van der Waals surface area (Å²) in [6, 6.07) is 10.2. The number of imidazole rings is 1. The minimum absolute atomic E-state index is 0.192. The van der Waals surface area contributed by atoms with Crippen molar-refractivity contribution in [1.29, 1.82) is 0 Å². The van der Waals surface area contributed by atoms with Crippen molar-refractivity contribution in [3.8, 4) is 0 Å². The van der Waals surface area contributed by atoms with Gasteiger partial charge in [-0.3, -0.25) is 0 Å². The quantitative estimate of drug-likeness (QED) is 0.653. The Bertz CT molecular complexity index is 793. The Balaban J connectivity index is 2.13. The second-order valence-corrected chi connectivity index (χ2v) is 6.25. The van der Waals surface area contributed by atoms with E-state index < -0.39 is 0 Å². The first-order chi connectivity index (χ1) is 10.0. The first kappa shape index (κ1) is 14.4. The molecule has 0 amide bonds. The van der Waals surface area contributed by atoms with Crippen molar-refractivity contribution in [2.24, 2.45) is 0 Å². The fourth-order valence-corrected chi connectivity index (χ4v) is 2.78. The molecule has 5 heteroatoms. The normalized spacial score (nSPS) is 12.8. The van der Waals surface area contributed by atoms with Gasteiger partial charge in [-0.15, -0.1) is 11.6 Å². The molecule has 0 saturated heterocycles. The summed E-state index contributed by atoms with van der Waals surface area (Å²) in [5.41, 5.74) is 4.01. The lowest BCUT2D eigenvalue weighted by atomic mass is 10.1. The zero-order valence-electron chi connectivity index (χ0n) is 11.8. The van der Waals surface area contributed by atoms with Gasteiger partial charge in [-0.05, 0) is 25.5 Å². The highest BCUT2D eigenvalue weighted by Crippen LogP contribution is 2.26.